The maximum Gasteiger partial charge on any atom is 0.246 e. The lowest BCUT2D eigenvalue weighted by Crippen LogP contribution is -2.42. The Bertz CT molecular complexity index is 611. The molecule has 0 radical (unpaired) electrons. The van der Waals surface area contributed by atoms with Crippen LogP contribution in [0.5, 0.6) is 0 Å². The van der Waals surface area contributed by atoms with Gasteiger partial charge in [-0.1, -0.05) is 6.07 Å². The van der Waals surface area contributed by atoms with E-state index in [1.165, 1.54) is 4.88 Å². The number of carbonyl (C=O) groups excluding carboxylic acids is 1. The molecule has 7 heteroatoms. The highest BCUT2D eigenvalue weighted by atomic mass is 32.1. The number of morpholine rings is 1. The van der Waals surface area contributed by atoms with E-state index in [0.717, 1.165) is 12.8 Å². The van der Waals surface area contributed by atoms with Gasteiger partial charge in [-0.25, -0.2) is 0 Å². The van der Waals surface area contributed by atoms with Crippen LogP contribution in [-0.2, 0) is 16.0 Å². The highest BCUT2D eigenvalue weighted by molar-refractivity contribution is 7.09. The summed E-state index contributed by atoms with van der Waals surface area (Å²) in [5.74, 6) is 1.13. The molecule has 118 valence electrons. The first kappa shape index (κ1) is 15.2. The van der Waals surface area contributed by atoms with Crippen LogP contribution in [0.3, 0.4) is 0 Å². The zero-order valence-corrected chi connectivity index (χ0v) is 13.3. The molecular formula is C15H19N3O3S. The third-order valence-corrected chi connectivity index (χ3v) is 4.57. The summed E-state index contributed by atoms with van der Waals surface area (Å²) < 4.78 is 11.0. The van der Waals surface area contributed by atoms with E-state index in [1.54, 1.807) is 18.3 Å². The van der Waals surface area contributed by atoms with Gasteiger partial charge in [0.2, 0.25) is 17.7 Å². The summed E-state index contributed by atoms with van der Waals surface area (Å²) in [6, 6.07) is 4.15. The van der Waals surface area contributed by atoms with Gasteiger partial charge in [-0.3, -0.25) is 4.79 Å². The van der Waals surface area contributed by atoms with E-state index < -0.39 is 0 Å². The summed E-state index contributed by atoms with van der Waals surface area (Å²) in [7, 11) is 0. The van der Waals surface area contributed by atoms with Gasteiger partial charge < -0.3 is 14.1 Å². The molecule has 1 saturated heterocycles. The molecule has 1 aliphatic heterocycles. The summed E-state index contributed by atoms with van der Waals surface area (Å²) >= 11 is 1.74. The molecule has 2 aromatic heterocycles. The van der Waals surface area contributed by atoms with Gasteiger partial charge in [-0.2, -0.15) is 0 Å². The van der Waals surface area contributed by atoms with Crippen LogP contribution >= 0.6 is 11.3 Å². The molecule has 3 heterocycles. The smallest absolute Gasteiger partial charge is 0.246 e. The van der Waals surface area contributed by atoms with E-state index in [9.17, 15) is 4.79 Å². The standard InChI is InChI=1S/C15H19N3O3S/c1-11-16-17-15(21-11)13-10-18(7-8-20-13)14(19)6-2-4-12-5-3-9-22-12/h3,5,9,13H,2,4,6-8,10H2,1H3/t13-/m0/s1. The van der Waals surface area contributed by atoms with Crippen molar-refractivity contribution in [2.24, 2.45) is 0 Å². The van der Waals surface area contributed by atoms with Gasteiger partial charge >= 0.3 is 0 Å². The van der Waals surface area contributed by atoms with Gasteiger partial charge in [-0.15, -0.1) is 21.5 Å². The number of thiophene rings is 1. The van der Waals surface area contributed by atoms with E-state index in [-0.39, 0.29) is 12.0 Å². The molecule has 1 amide bonds. The number of ether oxygens (including phenoxy) is 1. The fourth-order valence-electron chi connectivity index (χ4n) is 2.49. The highest BCUT2D eigenvalue weighted by Crippen LogP contribution is 2.22. The molecule has 0 unspecified atom stereocenters. The minimum atomic E-state index is -0.309. The molecular weight excluding hydrogens is 302 g/mol. The van der Waals surface area contributed by atoms with Crippen LogP contribution in [0, 0.1) is 6.92 Å². The van der Waals surface area contributed by atoms with Crippen LogP contribution in [0.25, 0.3) is 0 Å². The SMILES string of the molecule is Cc1nnc([C@@H]2CN(C(=O)CCCc3cccs3)CCO2)o1. The van der Waals surface area contributed by atoms with Crippen molar-refractivity contribution in [1.29, 1.82) is 0 Å². The van der Waals surface area contributed by atoms with Crippen molar-refractivity contribution in [3.63, 3.8) is 0 Å². The summed E-state index contributed by atoms with van der Waals surface area (Å²) in [6.45, 7) is 3.36. The monoisotopic (exact) mass is 321 g/mol. The number of aryl methyl sites for hydroxylation is 2. The number of carbonyl (C=O) groups is 1. The van der Waals surface area contributed by atoms with Crippen LogP contribution in [0.4, 0.5) is 0 Å². The van der Waals surface area contributed by atoms with Crippen LogP contribution in [-0.4, -0.2) is 40.7 Å². The maximum absolute atomic E-state index is 12.3. The molecule has 0 N–H and O–H groups in total. The van der Waals surface area contributed by atoms with Crippen LogP contribution in [0.2, 0.25) is 0 Å². The minimum Gasteiger partial charge on any atom is -0.423 e. The topological polar surface area (TPSA) is 68.5 Å². The van der Waals surface area contributed by atoms with E-state index in [2.05, 4.69) is 21.6 Å². The fourth-order valence-corrected chi connectivity index (χ4v) is 3.25. The molecule has 2 aromatic rings. The quantitative estimate of drug-likeness (QED) is 0.845. The number of amides is 1. The third-order valence-electron chi connectivity index (χ3n) is 3.63. The summed E-state index contributed by atoms with van der Waals surface area (Å²) in [5.41, 5.74) is 0. The summed E-state index contributed by atoms with van der Waals surface area (Å²) in [5, 5.41) is 9.86. The Balaban J connectivity index is 1.49. The first-order valence-corrected chi connectivity index (χ1v) is 8.32. The lowest BCUT2D eigenvalue weighted by Gasteiger charge is -2.31. The predicted octanol–water partition coefficient (Wildman–Crippen LogP) is 2.36. The Kier molecular flexibility index (Phi) is 4.84. The molecule has 6 nitrogen and oxygen atoms in total. The molecule has 1 atom stereocenters. The largest absolute Gasteiger partial charge is 0.423 e. The first-order chi connectivity index (χ1) is 10.7. The fraction of sp³-hybridized carbons (Fsp3) is 0.533. The second-order valence-corrected chi connectivity index (χ2v) is 6.32. The summed E-state index contributed by atoms with van der Waals surface area (Å²) in [4.78, 5) is 15.5. The van der Waals surface area contributed by atoms with Crippen molar-refractivity contribution in [2.45, 2.75) is 32.3 Å². The lowest BCUT2D eigenvalue weighted by molar-refractivity contribution is -0.140. The van der Waals surface area contributed by atoms with Crippen molar-refractivity contribution in [3.05, 3.63) is 34.2 Å². The van der Waals surface area contributed by atoms with E-state index >= 15 is 0 Å². The normalized spacial score (nSPS) is 18.6. The Morgan fingerprint density at radius 3 is 3.14 bits per heavy atom. The van der Waals surface area contributed by atoms with Crippen molar-refractivity contribution in [1.82, 2.24) is 15.1 Å². The van der Waals surface area contributed by atoms with E-state index in [1.807, 2.05) is 11.0 Å². The number of aromatic nitrogens is 2. The molecule has 1 fully saturated rings. The van der Waals surface area contributed by atoms with Crippen LogP contribution in [0.1, 0.15) is 35.6 Å². The predicted molar refractivity (Wildman–Crippen MR) is 81.6 cm³/mol. The average Bonchev–Trinajstić information content (AvgIpc) is 3.19. The van der Waals surface area contributed by atoms with Crippen molar-refractivity contribution in [2.75, 3.05) is 19.7 Å². The van der Waals surface area contributed by atoms with Gasteiger partial charge in [0.25, 0.3) is 0 Å². The van der Waals surface area contributed by atoms with E-state index in [4.69, 9.17) is 9.15 Å². The molecule has 0 aromatic carbocycles. The third kappa shape index (κ3) is 3.72. The van der Waals surface area contributed by atoms with Gasteiger partial charge in [0.1, 0.15) is 0 Å². The zero-order chi connectivity index (χ0) is 15.4. The average molecular weight is 321 g/mol. The molecule has 0 spiro atoms. The molecule has 3 rings (SSSR count). The minimum absolute atomic E-state index is 0.168. The molecule has 0 aliphatic carbocycles. The van der Waals surface area contributed by atoms with Gasteiger partial charge in [0, 0.05) is 24.8 Å². The van der Waals surface area contributed by atoms with Crippen LogP contribution in [0.15, 0.2) is 21.9 Å². The number of hydrogen-bond donors (Lipinski definition) is 0. The number of hydrogen-bond acceptors (Lipinski definition) is 6. The van der Waals surface area contributed by atoms with Crippen molar-refractivity contribution < 1.29 is 13.9 Å². The maximum atomic E-state index is 12.3. The Morgan fingerprint density at radius 2 is 2.41 bits per heavy atom. The van der Waals surface area contributed by atoms with E-state index in [0.29, 0.717) is 37.9 Å². The van der Waals surface area contributed by atoms with Crippen molar-refractivity contribution in [3.8, 4) is 0 Å². The Morgan fingerprint density at radius 1 is 1.50 bits per heavy atom. The second-order valence-electron chi connectivity index (χ2n) is 5.29. The second kappa shape index (κ2) is 7.02. The summed E-state index contributed by atoms with van der Waals surface area (Å²) in [6.07, 6.45) is 2.09. The number of nitrogens with zero attached hydrogens (tertiary/aromatic N) is 3. The molecule has 0 bridgehead atoms. The Hall–Kier alpha value is -1.73. The van der Waals surface area contributed by atoms with Gasteiger partial charge in [0.05, 0.1) is 13.2 Å². The first-order valence-electron chi connectivity index (χ1n) is 7.44. The number of rotatable bonds is 5. The molecule has 0 saturated carbocycles. The molecule has 22 heavy (non-hydrogen) atoms. The zero-order valence-electron chi connectivity index (χ0n) is 12.5. The van der Waals surface area contributed by atoms with Gasteiger partial charge in [-0.05, 0) is 24.3 Å². The lowest BCUT2D eigenvalue weighted by atomic mass is 10.2. The van der Waals surface area contributed by atoms with Crippen LogP contribution < -0.4 is 0 Å². The Labute approximate surface area is 133 Å². The van der Waals surface area contributed by atoms with Gasteiger partial charge in [0.15, 0.2) is 6.10 Å². The molecule has 1 aliphatic rings. The highest BCUT2D eigenvalue weighted by Gasteiger charge is 2.28. The van der Waals surface area contributed by atoms with Crippen molar-refractivity contribution >= 4 is 17.2 Å².